The summed E-state index contributed by atoms with van der Waals surface area (Å²) < 4.78 is 5.10. The van der Waals surface area contributed by atoms with Gasteiger partial charge in [-0.2, -0.15) is 0 Å². The molecule has 1 fully saturated rings. The van der Waals surface area contributed by atoms with Gasteiger partial charge in [0.1, 0.15) is 5.75 Å². The van der Waals surface area contributed by atoms with Crippen LogP contribution in [0.25, 0.3) is 0 Å². The van der Waals surface area contributed by atoms with Gasteiger partial charge in [0.25, 0.3) is 0 Å². The van der Waals surface area contributed by atoms with Crippen molar-refractivity contribution in [1.82, 2.24) is 10.2 Å². The van der Waals surface area contributed by atoms with Gasteiger partial charge in [-0.05, 0) is 37.0 Å². The molecule has 0 bridgehead atoms. The second kappa shape index (κ2) is 8.17. The minimum Gasteiger partial charge on any atom is -0.497 e. The maximum absolute atomic E-state index is 12.3. The molecule has 6 heteroatoms. The molecule has 6 nitrogen and oxygen atoms in total. The normalized spacial score (nSPS) is 21.7. The van der Waals surface area contributed by atoms with Crippen LogP contribution in [0.15, 0.2) is 36.4 Å². The number of carbonyl (C=O) groups excluding carboxylic acids is 3. The van der Waals surface area contributed by atoms with Gasteiger partial charge in [-0.25, -0.2) is 0 Å². The number of rotatable bonds is 7. The Morgan fingerprint density at radius 1 is 1.12 bits per heavy atom. The van der Waals surface area contributed by atoms with Crippen molar-refractivity contribution >= 4 is 17.7 Å². The summed E-state index contributed by atoms with van der Waals surface area (Å²) in [6, 6.07) is 7.49. The maximum Gasteiger partial charge on any atom is 0.233 e. The number of imide groups is 1. The van der Waals surface area contributed by atoms with Crippen LogP contribution in [0.4, 0.5) is 0 Å². The number of allylic oxidation sites excluding steroid dienone is 2. The Hall–Kier alpha value is -2.63. The van der Waals surface area contributed by atoms with E-state index in [-0.39, 0.29) is 29.6 Å². The Balaban J connectivity index is 1.41. The first kappa shape index (κ1) is 18.2. The highest BCUT2D eigenvalue weighted by Gasteiger charge is 2.46. The van der Waals surface area contributed by atoms with Gasteiger partial charge in [-0.15, -0.1) is 0 Å². The van der Waals surface area contributed by atoms with Crippen LogP contribution in [-0.4, -0.2) is 36.3 Å². The lowest BCUT2D eigenvalue weighted by Gasteiger charge is -2.14. The van der Waals surface area contributed by atoms with Crippen molar-refractivity contribution in [3.8, 4) is 5.75 Å². The predicted octanol–water partition coefficient (Wildman–Crippen LogP) is 2.04. The smallest absolute Gasteiger partial charge is 0.233 e. The zero-order valence-electron chi connectivity index (χ0n) is 14.9. The van der Waals surface area contributed by atoms with Crippen molar-refractivity contribution < 1.29 is 19.1 Å². The maximum atomic E-state index is 12.3. The van der Waals surface area contributed by atoms with Crippen molar-refractivity contribution in [3.63, 3.8) is 0 Å². The van der Waals surface area contributed by atoms with E-state index in [4.69, 9.17) is 4.74 Å². The van der Waals surface area contributed by atoms with E-state index in [0.29, 0.717) is 38.8 Å². The van der Waals surface area contributed by atoms with Gasteiger partial charge in [-0.3, -0.25) is 19.3 Å². The van der Waals surface area contributed by atoms with Gasteiger partial charge in [0, 0.05) is 19.5 Å². The molecule has 3 amide bonds. The highest BCUT2D eigenvalue weighted by atomic mass is 16.5. The van der Waals surface area contributed by atoms with Crippen molar-refractivity contribution in [3.05, 3.63) is 42.0 Å². The van der Waals surface area contributed by atoms with Gasteiger partial charge in [0.2, 0.25) is 17.7 Å². The van der Waals surface area contributed by atoms with Gasteiger partial charge >= 0.3 is 0 Å². The molecule has 1 heterocycles. The Morgan fingerprint density at radius 3 is 2.31 bits per heavy atom. The van der Waals surface area contributed by atoms with Crippen LogP contribution in [0.1, 0.15) is 31.2 Å². The fraction of sp³-hybridized carbons (Fsp3) is 0.450. The molecule has 0 saturated carbocycles. The zero-order chi connectivity index (χ0) is 18.5. The Morgan fingerprint density at radius 2 is 1.73 bits per heavy atom. The van der Waals surface area contributed by atoms with Crippen LogP contribution in [0.5, 0.6) is 5.75 Å². The Bertz CT molecular complexity index is 685. The van der Waals surface area contributed by atoms with E-state index in [9.17, 15) is 14.4 Å². The molecule has 26 heavy (non-hydrogen) atoms. The number of ether oxygens (including phenoxy) is 1. The third kappa shape index (κ3) is 3.95. The van der Waals surface area contributed by atoms with E-state index >= 15 is 0 Å². The number of benzene rings is 1. The molecule has 2 atom stereocenters. The van der Waals surface area contributed by atoms with Gasteiger partial charge in [-0.1, -0.05) is 24.3 Å². The van der Waals surface area contributed by atoms with Crippen molar-refractivity contribution in [2.24, 2.45) is 11.8 Å². The molecule has 1 aromatic carbocycles. The lowest BCUT2D eigenvalue weighted by Crippen LogP contribution is -2.33. The quantitative estimate of drug-likeness (QED) is 0.599. The minimum absolute atomic E-state index is 0.0806. The number of nitrogens with zero attached hydrogens (tertiary/aromatic N) is 1. The second-order valence-electron chi connectivity index (χ2n) is 6.71. The highest BCUT2D eigenvalue weighted by molar-refractivity contribution is 6.05. The Labute approximate surface area is 153 Å². The summed E-state index contributed by atoms with van der Waals surface area (Å²) in [5.41, 5.74) is 0.987. The van der Waals surface area contributed by atoms with Crippen LogP contribution in [0.2, 0.25) is 0 Å². The first-order valence-electron chi connectivity index (χ1n) is 9.00. The molecular formula is C20H24N2O4. The third-order valence-corrected chi connectivity index (χ3v) is 5.03. The summed E-state index contributed by atoms with van der Waals surface area (Å²) in [6.45, 7) is 0.765. The molecule has 1 aliphatic carbocycles. The lowest BCUT2D eigenvalue weighted by atomic mass is 9.85. The predicted molar refractivity (Wildman–Crippen MR) is 96.1 cm³/mol. The van der Waals surface area contributed by atoms with Crippen LogP contribution >= 0.6 is 0 Å². The first-order chi connectivity index (χ1) is 12.6. The molecule has 0 unspecified atom stereocenters. The molecule has 138 valence electrons. The summed E-state index contributed by atoms with van der Waals surface area (Å²) in [6.07, 6.45) is 6.02. The number of hydrogen-bond acceptors (Lipinski definition) is 4. The van der Waals surface area contributed by atoms with Gasteiger partial charge < -0.3 is 10.1 Å². The van der Waals surface area contributed by atoms with Crippen LogP contribution in [0.3, 0.4) is 0 Å². The number of likely N-dealkylation sites (tertiary alicyclic amines) is 1. The molecule has 1 aromatic rings. The number of amides is 3. The number of hydrogen-bond donors (Lipinski definition) is 1. The summed E-state index contributed by atoms with van der Waals surface area (Å²) in [7, 11) is 1.61. The molecule has 0 aromatic heterocycles. The van der Waals surface area contributed by atoms with Crippen LogP contribution in [0, 0.1) is 11.8 Å². The molecule has 0 radical (unpaired) electrons. The van der Waals surface area contributed by atoms with Crippen molar-refractivity contribution in [1.29, 1.82) is 0 Å². The van der Waals surface area contributed by atoms with Crippen LogP contribution < -0.4 is 10.1 Å². The molecule has 0 spiro atoms. The van der Waals surface area contributed by atoms with E-state index in [1.54, 1.807) is 7.11 Å². The first-order valence-corrected chi connectivity index (χ1v) is 9.00. The van der Waals surface area contributed by atoms with Crippen molar-refractivity contribution in [2.75, 3.05) is 13.7 Å². The topological polar surface area (TPSA) is 75.7 Å². The summed E-state index contributed by atoms with van der Waals surface area (Å²) >= 11 is 0. The average molecular weight is 356 g/mol. The largest absolute Gasteiger partial charge is 0.497 e. The van der Waals surface area contributed by atoms with Gasteiger partial charge in [0.15, 0.2) is 0 Å². The SMILES string of the molecule is COc1ccc(CNC(=O)CCCN2C(=O)[C@H]3CC=CC[C@@H]3C2=O)cc1. The fourth-order valence-electron chi connectivity index (χ4n) is 3.52. The highest BCUT2D eigenvalue weighted by Crippen LogP contribution is 2.35. The standard InChI is InChI=1S/C20H24N2O4/c1-26-15-10-8-14(9-11-15)13-21-18(23)7-4-12-22-19(24)16-5-2-3-6-17(16)20(22)25/h2-3,8-11,16-17H,4-7,12-13H2,1H3,(H,21,23)/t16-,17-/m0/s1. The number of nitrogens with one attached hydrogen (secondary N) is 1. The van der Waals surface area contributed by atoms with E-state index in [1.807, 2.05) is 36.4 Å². The van der Waals surface area contributed by atoms with E-state index in [0.717, 1.165) is 11.3 Å². The van der Waals surface area contributed by atoms with Crippen LogP contribution in [-0.2, 0) is 20.9 Å². The Kier molecular flexibility index (Phi) is 5.71. The molecule has 1 N–H and O–H groups in total. The summed E-state index contributed by atoms with van der Waals surface area (Å²) in [4.78, 5) is 38.0. The van der Waals surface area contributed by atoms with Gasteiger partial charge in [0.05, 0.1) is 18.9 Å². The average Bonchev–Trinajstić information content (AvgIpc) is 2.92. The zero-order valence-corrected chi connectivity index (χ0v) is 14.9. The molecule has 2 aliphatic rings. The fourth-order valence-corrected chi connectivity index (χ4v) is 3.52. The minimum atomic E-state index is -0.198. The van der Waals surface area contributed by atoms with E-state index < -0.39 is 0 Å². The molecule has 1 saturated heterocycles. The lowest BCUT2D eigenvalue weighted by molar-refractivity contribution is -0.140. The molecular weight excluding hydrogens is 332 g/mol. The monoisotopic (exact) mass is 356 g/mol. The number of methoxy groups -OCH3 is 1. The molecule has 3 rings (SSSR count). The van der Waals surface area contributed by atoms with E-state index in [2.05, 4.69) is 5.32 Å². The van der Waals surface area contributed by atoms with E-state index in [1.165, 1.54) is 4.90 Å². The second-order valence-corrected chi connectivity index (χ2v) is 6.71. The summed E-state index contributed by atoms with van der Waals surface area (Å²) in [5, 5.41) is 2.86. The molecule has 1 aliphatic heterocycles. The van der Waals surface area contributed by atoms with Crippen molar-refractivity contribution in [2.45, 2.75) is 32.2 Å². The summed E-state index contributed by atoms with van der Waals surface area (Å²) in [5.74, 6) is 0.133. The third-order valence-electron chi connectivity index (χ3n) is 5.03. The number of carbonyl (C=O) groups is 3. The number of fused-ring (bicyclic) bond motifs is 1.